The molecule has 0 saturated carbocycles. The van der Waals surface area contributed by atoms with E-state index in [1.165, 1.54) is 12.1 Å². The third-order valence-corrected chi connectivity index (χ3v) is 2.91. The van der Waals surface area contributed by atoms with Gasteiger partial charge < -0.3 is 14.6 Å². The van der Waals surface area contributed by atoms with Crippen LogP contribution in [0.2, 0.25) is 0 Å². The number of benzene rings is 1. The molecule has 1 aromatic carbocycles. The van der Waals surface area contributed by atoms with Crippen LogP contribution in [0.4, 0.5) is 8.78 Å². The molecular formula is C10H9BrF2O3. The van der Waals surface area contributed by atoms with Crippen molar-refractivity contribution in [1.82, 2.24) is 0 Å². The van der Waals surface area contributed by atoms with Crippen LogP contribution in [0.25, 0.3) is 0 Å². The highest BCUT2D eigenvalue weighted by Gasteiger charge is 2.24. The first-order chi connectivity index (χ1) is 7.59. The normalized spacial score (nSPS) is 16.3. The lowest BCUT2D eigenvalue weighted by molar-refractivity contribution is -0.00642. The Labute approximate surface area is 99.1 Å². The Balaban J connectivity index is 2.39. The largest absolute Gasteiger partial charge is 0.486 e. The van der Waals surface area contributed by atoms with Gasteiger partial charge in [-0.2, -0.15) is 0 Å². The van der Waals surface area contributed by atoms with Crippen molar-refractivity contribution in [2.24, 2.45) is 0 Å². The molecule has 1 aliphatic rings. The molecule has 1 atom stereocenters. The smallest absolute Gasteiger partial charge is 0.268 e. The van der Waals surface area contributed by atoms with Gasteiger partial charge in [-0.3, -0.25) is 0 Å². The Morgan fingerprint density at radius 2 is 1.75 bits per heavy atom. The molecule has 0 spiro atoms. The van der Waals surface area contributed by atoms with E-state index in [-0.39, 0.29) is 5.56 Å². The summed E-state index contributed by atoms with van der Waals surface area (Å²) in [5.74, 6) is 0.868. The van der Waals surface area contributed by atoms with E-state index in [2.05, 4.69) is 15.9 Å². The first kappa shape index (κ1) is 11.6. The molecule has 2 rings (SSSR count). The Hall–Kier alpha value is -0.880. The van der Waals surface area contributed by atoms with Crippen molar-refractivity contribution < 1.29 is 23.4 Å². The molecule has 16 heavy (non-hydrogen) atoms. The van der Waals surface area contributed by atoms with Crippen LogP contribution < -0.4 is 9.47 Å². The van der Waals surface area contributed by atoms with E-state index < -0.39 is 12.5 Å². The fourth-order valence-electron chi connectivity index (χ4n) is 1.44. The average Bonchev–Trinajstić information content (AvgIpc) is 2.27. The summed E-state index contributed by atoms with van der Waals surface area (Å²) in [7, 11) is 0. The van der Waals surface area contributed by atoms with Gasteiger partial charge in [-0.1, -0.05) is 15.9 Å². The van der Waals surface area contributed by atoms with Crippen molar-refractivity contribution in [1.29, 1.82) is 0 Å². The third-order valence-electron chi connectivity index (χ3n) is 2.22. The molecule has 1 aromatic rings. The molecule has 1 heterocycles. The highest BCUT2D eigenvalue weighted by atomic mass is 79.9. The van der Waals surface area contributed by atoms with E-state index in [1.54, 1.807) is 0 Å². The minimum absolute atomic E-state index is 0.0965. The molecule has 0 amide bonds. The SMILES string of the molecule is OC(c1cc2c(cc1Br)OCCO2)C(F)F. The van der Waals surface area contributed by atoms with Gasteiger partial charge in [0.2, 0.25) is 0 Å². The molecule has 1 N–H and O–H groups in total. The van der Waals surface area contributed by atoms with E-state index in [4.69, 9.17) is 9.47 Å². The van der Waals surface area contributed by atoms with Gasteiger partial charge in [0.15, 0.2) is 11.5 Å². The molecule has 3 nitrogen and oxygen atoms in total. The summed E-state index contributed by atoms with van der Waals surface area (Å²) in [6.07, 6.45) is -4.66. The first-order valence-corrected chi connectivity index (χ1v) is 5.44. The number of alkyl halides is 2. The van der Waals surface area contributed by atoms with Gasteiger partial charge >= 0.3 is 0 Å². The quantitative estimate of drug-likeness (QED) is 0.911. The van der Waals surface area contributed by atoms with Crippen LogP contribution in [0.3, 0.4) is 0 Å². The maximum absolute atomic E-state index is 12.4. The molecular weight excluding hydrogens is 286 g/mol. The first-order valence-electron chi connectivity index (χ1n) is 4.65. The van der Waals surface area contributed by atoms with Crippen LogP contribution in [0, 0.1) is 0 Å². The van der Waals surface area contributed by atoms with Crippen molar-refractivity contribution in [2.45, 2.75) is 12.5 Å². The molecule has 1 unspecified atom stereocenters. The van der Waals surface area contributed by atoms with Crippen LogP contribution >= 0.6 is 15.9 Å². The molecule has 0 bridgehead atoms. The van der Waals surface area contributed by atoms with Crippen molar-refractivity contribution in [3.05, 3.63) is 22.2 Å². The van der Waals surface area contributed by atoms with Gasteiger partial charge in [0.25, 0.3) is 6.43 Å². The van der Waals surface area contributed by atoms with Gasteiger partial charge in [0.1, 0.15) is 19.3 Å². The standard InChI is InChI=1S/C10H9BrF2O3/c11-6-4-8-7(15-1-2-16-8)3-5(6)9(14)10(12)13/h3-4,9-10,14H,1-2H2. The molecule has 6 heteroatoms. The number of aliphatic hydroxyl groups excluding tert-OH is 1. The lowest BCUT2D eigenvalue weighted by Crippen LogP contribution is -2.16. The Morgan fingerprint density at radius 3 is 2.31 bits per heavy atom. The fourth-order valence-corrected chi connectivity index (χ4v) is 2.00. The van der Waals surface area contributed by atoms with E-state index in [0.717, 1.165) is 0 Å². The van der Waals surface area contributed by atoms with E-state index >= 15 is 0 Å². The lowest BCUT2D eigenvalue weighted by Gasteiger charge is -2.21. The Morgan fingerprint density at radius 1 is 1.19 bits per heavy atom. The summed E-state index contributed by atoms with van der Waals surface area (Å²) >= 11 is 3.12. The number of rotatable bonds is 2. The zero-order valence-electron chi connectivity index (χ0n) is 8.12. The monoisotopic (exact) mass is 294 g/mol. The minimum atomic E-state index is -2.83. The minimum Gasteiger partial charge on any atom is -0.486 e. The summed E-state index contributed by atoms with van der Waals surface area (Å²) < 4.78 is 35.7. The molecule has 0 fully saturated rings. The van der Waals surface area contributed by atoms with Crippen molar-refractivity contribution >= 4 is 15.9 Å². The lowest BCUT2D eigenvalue weighted by atomic mass is 10.1. The zero-order valence-corrected chi connectivity index (χ0v) is 9.71. The second-order valence-corrected chi connectivity index (χ2v) is 4.15. The Bertz CT molecular complexity index is 398. The fraction of sp³-hybridized carbons (Fsp3) is 0.400. The highest BCUT2D eigenvalue weighted by Crippen LogP contribution is 2.39. The van der Waals surface area contributed by atoms with Crippen LogP contribution in [0.1, 0.15) is 11.7 Å². The predicted octanol–water partition coefficient (Wildman–Crippen LogP) is 2.52. The third kappa shape index (κ3) is 2.12. The molecule has 88 valence electrons. The molecule has 0 aromatic heterocycles. The molecule has 1 aliphatic heterocycles. The number of aliphatic hydroxyl groups is 1. The number of fused-ring (bicyclic) bond motifs is 1. The maximum Gasteiger partial charge on any atom is 0.268 e. The van der Waals surface area contributed by atoms with E-state index in [9.17, 15) is 13.9 Å². The highest BCUT2D eigenvalue weighted by molar-refractivity contribution is 9.10. The number of hydrogen-bond donors (Lipinski definition) is 1. The summed E-state index contributed by atoms with van der Waals surface area (Å²) in [6.45, 7) is 0.801. The summed E-state index contributed by atoms with van der Waals surface area (Å²) in [5.41, 5.74) is 0.0965. The molecule has 0 radical (unpaired) electrons. The molecule has 0 aliphatic carbocycles. The molecule has 0 saturated heterocycles. The second kappa shape index (κ2) is 4.55. The van der Waals surface area contributed by atoms with Gasteiger partial charge in [0.05, 0.1) is 0 Å². The van der Waals surface area contributed by atoms with Gasteiger partial charge in [-0.15, -0.1) is 0 Å². The average molecular weight is 295 g/mol. The van der Waals surface area contributed by atoms with Crippen molar-refractivity contribution in [2.75, 3.05) is 13.2 Å². The van der Waals surface area contributed by atoms with E-state index in [1.807, 2.05) is 0 Å². The van der Waals surface area contributed by atoms with Gasteiger partial charge in [-0.25, -0.2) is 8.78 Å². The summed E-state index contributed by atoms with van der Waals surface area (Å²) in [5, 5.41) is 9.30. The Kier molecular flexibility index (Phi) is 3.30. The predicted molar refractivity (Wildman–Crippen MR) is 56.1 cm³/mol. The van der Waals surface area contributed by atoms with Gasteiger partial charge in [0, 0.05) is 10.0 Å². The van der Waals surface area contributed by atoms with Crippen molar-refractivity contribution in [3.8, 4) is 11.5 Å². The number of ether oxygens (including phenoxy) is 2. The van der Waals surface area contributed by atoms with Crippen LogP contribution in [0.15, 0.2) is 16.6 Å². The topological polar surface area (TPSA) is 38.7 Å². The van der Waals surface area contributed by atoms with Crippen LogP contribution in [0.5, 0.6) is 11.5 Å². The van der Waals surface area contributed by atoms with Crippen molar-refractivity contribution in [3.63, 3.8) is 0 Å². The number of hydrogen-bond acceptors (Lipinski definition) is 3. The van der Waals surface area contributed by atoms with Crippen LogP contribution in [-0.2, 0) is 0 Å². The second-order valence-electron chi connectivity index (χ2n) is 3.30. The van der Waals surface area contributed by atoms with Crippen LogP contribution in [-0.4, -0.2) is 24.7 Å². The summed E-state index contributed by atoms with van der Waals surface area (Å²) in [4.78, 5) is 0. The van der Waals surface area contributed by atoms with Gasteiger partial charge in [-0.05, 0) is 12.1 Å². The van der Waals surface area contributed by atoms with E-state index in [0.29, 0.717) is 29.2 Å². The maximum atomic E-state index is 12.4. The zero-order chi connectivity index (χ0) is 11.7. The summed E-state index contributed by atoms with van der Waals surface area (Å²) in [6, 6.07) is 2.89. The number of halogens is 3.